The Morgan fingerprint density at radius 3 is 1.50 bits per heavy atom. The molecule has 1 aliphatic rings. The monoisotopic (exact) mass is 791 g/mol. The quantitative estimate of drug-likeness (QED) is 0.161. The summed E-state index contributed by atoms with van der Waals surface area (Å²) in [5, 5.41) is 1.97. The molecule has 0 aliphatic heterocycles. The minimum absolute atomic E-state index is 0.487. The molecule has 0 amide bonds. The van der Waals surface area contributed by atoms with Crippen molar-refractivity contribution >= 4 is 21.9 Å². The van der Waals surface area contributed by atoms with E-state index in [0.717, 1.165) is 55.3 Å². The van der Waals surface area contributed by atoms with E-state index in [0.29, 0.717) is 17.5 Å². The number of hydrogen-bond acceptors (Lipinski definition) is 4. The second kappa shape index (κ2) is 14.5. The van der Waals surface area contributed by atoms with Crippen molar-refractivity contribution in [3.8, 4) is 67.5 Å². The van der Waals surface area contributed by atoms with E-state index in [4.69, 9.17) is 19.4 Å². The Morgan fingerprint density at radius 1 is 0.323 bits per heavy atom. The molecular formula is C58H37N3O. The lowest BCUT2D eigenvalue weighted by atomic mass is 9.67. The minimum atomic E-state index is -0.487. The molecule has 0 fully saturated rings. The van der Waals surface area contributed by atoms with Gasteiger partial charge in [0.25, 0.3) is 0 Å². The number of aromatic nitrogens is 3. The molecule has 12 rings (SSSR count). The summed E-state index contributed by atoms with van der Waals surface area (Å²) in [5.41, 5.74) is 15.9. The Balaban J connectivity index is 1.05. The summed E-state index contributed by atoms with van der Waals surface area (Å²) >= 11 is 0. The normalized spacial score (nSPS) is 12.6. The van der Waals surface area contributed by atoms with E-state index in [1.807, 2.05) is 48.5 Å². The highest BCUT2D eigenvalue weighted by molar-refractivity contribution is 6.13. The molecule has 62 heavy (non-hydrogen) atoms. The third-order valence-electron chi connectivity index (χ3n) is 12.4. The first-order valence-electron chi connectivity index (χ1n) is 21.0. The van der Waals surface area contributed by atoms with Crippen molar-refractivity contribution in [3.63, 3.8) is 0 Å². The van der Waals surface area contributed by atoms with Gasteiger partial charge >= 0.3 is 0 Å². The first-order valence-corrected chi connectivity index (χ1v) is 21.0. The van der Waals surface area contributed by atoms with Crippen molar-refractivity contribution in [2.45, 2.75) is 5.41 Å². The van der Waals surface area contributed by atoms with Crippen LogP contribution in [-0.4, -0.2) is 15.0 Å². The molecule has 2 aromatic heterocycles. The SMILES string of the molecule is c1ccc(-c2ccc(-c3nc(-c4ccccc4)nc(-c4cccc5oc6ccc(-c7cccc8c7-c7ccccc7C8(c7ccccc7)c7ccccc7)cc6c45)n3)cc2)cc1. The van der Waals surface area contributed by atoms with Gasteiger partial charge < -0.3 is 4.42 Å². The molecule has 9 aromatic carbocycles. The first-order chi connectivity index (χ1) is 30.7. The van der Waals surface area contributed by atoms with Gasteiger partial charge in [-0.3, -0.25) is 0 Å². The number of rotatable bonds is 7. The molecule has 4 heteroatoms. The van der Waals surface area contributed by atoms with Crippen molar-refractivity contribution < 1.29 is 4.42 Å². The van der Waals surface area contributed by atoms with E-state index in [1.165, 1.54) is 38.9 Å². The molecule has 0 saturated heterocycles. The van der Waals surface area contributed by atoms with Crippen LogP contribution in [0.2, 0.25) is 0 Å². The molecular weight excluding hydrogens is 755 g/mol. The van der Waals surface area contributed by atoms with Gasteiger partial charge in [0.1, 0.15) is 11.2 Å². The molecule has 0 spiro atoms. The van der Waals surface area contributed by atoms with Gasteiger partial charge in [0, 0.05) is 27.5 Å². The summed E-state index contributed by atoms with van der Waals surface area (Å²) in [4.78, 5) is 15.4. The number of hydrogen-bond donors (Lipinski definition) is 0. The van der Waals surface area contributed by atoms with Crippen molar-refractivity contribution in [2.24, 2.45) is 0 Å². The Hall–Kier alpha value is -8.21. The van der Waals surface area contributed by atoms with Crippen molar-refractivity contribution in [3.05, 3.63) is 247 Å². The largest absolute Gasteiger partial charge is 0.456 e. The van der Waals surface area contributed by atoms with E-state index in [-0.39, 0.29) is 0 Å². The van der Waals surface area contributed by atoms with Gasteiger partial charge in [0.2, 0.25) is 0 Å². The van der Waals surface area contributed by atoms with Gasteiger partial charge in [0.05, 0.1) is 5.41 Å². The van der Waals surface area contributed by atoms with Gasteiger partial charge in [-0.1, -0.05) is 206 Å². The van der Waals surface area contributed by atoms with Crippen LogP contribution in [0, 0.1) is 0 Å². The zero-order chi connectivity index (χ0) is 41.0. The molecule has 0 unspecified atom stereocenters. The van der Waals surface area contributed by atoms with E-state index in [9.17, 15) is 0 Å². The van der Waals surface area contributed by atoms with Crippen LogP contribution in [0.5, 0.6) is 0 Å². The number of furan rings is 1. The fraction of sp³-hybridized carbons (Fsp3) is 0.0172. The molecule has 0 radical (unpaired) electrons. The third kappa shape index (κ3) is 5.65. The average molecular weight is 792 g/mol. The van der Waals surface area contributed by atoms with Gasteiger partial charge in [-0.2, -0.15) is 0 Å². The molecule has 290 valence electrons. The molecule has 0 N–H and O–H groups in total. The van der Waals surface area contributed by atoms with Crippen LogP contribution in [0.25, 0.3) is 89.5 Å². The highest BCUT2D eigenvalue weighted by Crippen LogP contribution is 2.58. The Morgan fingerprint density at radius 2 is 0.806 bits per heavy atom. The lowest BCUT2D eigenvalue weighted by molar-refractivity contribution is 0.669. The van der Waals surface area contributed by atoms with Crippen molar-refractivity contribution in [2.75, 3.05) is 0 Å². The third-order valence-corrected chi connectivity index (χ3v) is 12.4. The summed E-state index contributed by atoms with van der Waals surface area (Å²) in [7, 11) is 0. The number of nitrogens with zero attached hydrogens (tertiary/aromatic N) is 3. The predicted molar refractivity (Wildman–Crippen MR) is 252 cm³/mol. The van der Waals surface area contributed by atoms with Crippen LogP contribution in [0.3, 0.4) is 0 Å². The summed E-state index contributed by atoms with van der Waals surface area (Å²) in [6.07, 6.45) is 0. The zero-order valence-corrected chi connectivity index (χ0v) is 33.6. The average Bonchev–Trinajstić information content (AvgIpc) is 3.89. The second-order valence-corrected chi connectivity index (χ2v) is 15.9. The molecule has 2 heterocycles. The second-order valence-electron chi connectivity index (χ2n) is 15.9. The molecule has 4 nitrogen and oxygen atoms in total. The first kappa shape index (κ1) is 35.7. The van der Waals surface area contributed by atoms with Gasteiger partial charge in [0.15, 0.2) is 17.5 Å². The smallest absolute Gasteiger partial charge is 0.164 e. The van der Waals surface area contributed by atoms with Crippen LogP contribution in [0.4, 0.5) is 0 Å². The predicted octanol–water partition coefficient (Wildman–Crippen LogP) is 14.5. The van der Waals surface area contributed by atoms with E-state index >= 15 is 0 Å². The maximum absolute atomic E-state index is 6.62. The van der Waals surface area contributed by atoms with Crippen molar-refractivity contribution in [1.29, 1.82) is 0 Å². The Bertz CT molecular complexity index is 3390. The molecule has 11 aromatic rings. The highest BCUT2D eigenvalue weighted by Gasteiger charge is 2.46. The maximum atomic E-state index is 6.62. The van der Waals surface area contributed by atoms with Crippen LogP contribution in [-0.2, 0) is 5.41 Å². The van der Waals surface area contributed by atoms with Crippen LogP contribution >= 0.6 is 0 Å². The summed E-state index contributed by atoms with van der Waals surface area (Å²) in [6, 6.07) is 79.3. The fourth-order valence-corrected chi connectivity index (χ4v) is 9.70. The summed E-state index contributed by atoms with van der Waals surface area (Å²) in [6.45, 7) is 0. The van der Waals surface area contributed by atoms with Gasteiger partial charge in [-0.25, -0.2) is 15.0 Å². The van der Waals surface area contributed by atoms with Crippen LogP contribution in [0.1, 0.15) is 22.3 Å². The van der Waals surface area contributed by atoms with Gasteiger partial charge in [-0.15, -0.1) is 0 Å². The standard InChI is InChI=1S/C58H37N3O/c1-5-17-38(18-6-1)39-31-33-41(34-32-39)56-59-55(40-19-7-2-8-20-40)60-57(61-56)47-27-16-30-52-54(47)48-37-42(35-36-51(48)62-52)45-26-15-29-50-53(45)46-25-13-14-28-49(46)58(50,43-21-9-3-10-22-43)44-23-11-4-12-24-44/h1-37H. The van der Waals surface area contributed by atoms with E-state index < -0.39 is 5.41 Å². The molecule has 0 atom stereocenters. The molecule has 0 bridgehead atoms. The Labute approximate surface area is 359 Å². The number of benzene rings is 9. The minimum Gasteiger partial charge on any atom is -0.456 e. The van der Waals surface area contributed by atoms with E-state index in [2.05, 4.69) is 176 Å². The van der Waals surface area contributed by atoms with Crippen LogP contribution in [0.15, 0.2) is 229 Å². The number of fused-ring (bicyclic) bond motifs is 6. The van der Waals surface area contributed by atoms with Crippen LogP contribution < -0.4 is 0 Å². The van der Waals surface area contributed by atoms with E-state index in [1.54, 1.807) is 0 Å². The maximum Gasteiger partial charge on any atom is 0.164 e. The lowest BCUT2D eigenvalue weighted by Crippen LogP contribution is -2.28. The Kier molecular flexibility index (Phi) is 8.36. The summed E-state index contributed by atoms with van der Waals surface area (Å²) in [5.74, 6) is 1.81. The summed E-state index contributed by atoms with van der Waals surface area (Å²) < 4.78 is 6.62. The molecule has 1 aliphatic carbocycles. The van der Waals surface area contributed by atoms with Gasteiger partial charge in [-0.05, 0) is 73.8 Å². The zero-order valence-electron chi connectivity index (χ0n) is 33.6. The highest BCUT2D eigenvalue weighted by atomic mass is 16.3. The topological polar surface area (TPSA) is 51.8 Å². The molecule has 0 saturated carbocycles. The lowest BCUT2D eigenvalue weighted by Gasteiger charge is -2.34. The fourth-order valence-electron chi connectivity index (χ4n) is 9.70. The van der Waals surface area contributed by atoms with Crippen molar-refractivity contribution in [1.82, 2.24) is 15.0 Å².